The Morgan fingerprint density at radius 2 is 2.00 bits per heavy atom. The Balaban J connectivity index is 1.53. The molecule has 8 heteroatoms. The highest BCUT2D eigenvalue weighted by Gasteiger charge is 2.18. The molecule has 1 N–H and O–H groups in total. The Labute approximate surface area is 175 Å². The largest absolute Gasteiger partial charge is 0.471 e. The molecule has 0 saturated heterocycles. The summed E-state index contributed by atoms with van der Waals surface area (Å²) in [5, 5.41) is 12.1. The summed E-state index contributed by atoms with van der Waals surface area (Å²) in [7, 11) is 0. The average molecular weight is 416 g/mol. The molecule has 0 aliphatic carbocycles. The second-order valence-corrected chi connectivity index (χ2v) is 7.47. The van der Waals surface area contributed by atoms with E-state index in [2.05, 4.69) is 22.4 Å². The molecule has 2 aromatic heterocycles. The van der Waals surface area contributed by atoms with E-state index in [0.717, 1.165) is 23.6 Å². The van der Waals surface area contributed by atoms with Gasteiger partial charge in [-0.1, -0.05) is 37.6 Å². The number of amides is 1. The highest BCUT2D eigenvalue weighted by atomic mass is 35.5. The van der Waals surface area contributed by atoms with Crippen LogP contribution in [0.2, 0.25) is 5.02 Å². The summed E-state index contributed by atoms with van der Waals surface area (Å²) in [4.78, 5) is 12.5. The van der Waals surface area contributed by atoms with Crippen LogP contribution in [0.25, 0.3) is 0 Å². The number of hydrogen-bond donors (Lipinski definition) is 1. The summed E-state index contributed by atoms with van der Waals surface area (Å²) >= 11 is 6.18. The second-order valence-electron chi connectivity index (χ2n) is 7.10. The zero-order chi connectivity index (χ0) is 21.0. The minimum absolute atomic E-state index is 0.107. The zero-order valence-electron chi connectivity index (χ0n) is 17.1. The molecule has 29 heavy (non-hydrogen) atoms. The van der Waals surface area contributed by atoms with Gasteiger partial charge < -0.3 is 10.1 Å². The summed E-state index contributed by atoms with van der Waals surface area (Å²) in [5.74, 6) is 0.394. The quantitative estimate of drug-likeness (QED) is 0.597. The highest BCUT2D eigenvalue weighted by molar-refractivity contribution is 6.31. The number of ether oxygens (including phenoxy) is 1. The van der Waals surface area contributed by atoms with Gasteiger partial charge in [-0.05, 0) is 38.0 Å². The first-order chi connectivity index (χ1) is 13.9. The van der Waals surface area contributed by atoms with Crippen LogP contribution in [0.4, 0.5) is 5.69 Å². The van der Waals surface area contributed by atoms with Crippen LogP contribution in [-0.2, 0) is 24.5 Å². The van der Waals surface area contributed by atoms with Gasteiger partial charge in [0, 0.05) is 0 Å². The fraction of sp³-hybridized carbons (Fsp3) is 0.381. The van der Waals surface area contributed by atoms with Gasteiger partial charge in [0.1, 0.15) is 5.75 Å². The molecule has 1 unspecified atom stereocenters. The summed E-state index contributed by atoms with van der Waals surface area (Å²) in [6.45, 7) is 8.44. The van der Waals surface area contributed by atoms with Crippen molar-refractivity contribution in [3.05, 3.63) is 58.6 Å². The Kier molecular flexibility index (Phi) is 6.59. The van der Waals surface area contributed by atoms with E-state index in [1.54, 1.807) is 21.8 Å². The molecule has 3 aromatic rings. The normalized spacial score (nSPS) is 12.0. The van der Waals surface area contributed by atoms with Crippen molar-refractivity contribution in [2.24, 2.45) is 5.92 Å². The van der Waals surface area contributed by atoms with E-state index in [-0.39, 0.29) is 18.6 Å². The molecule has 7 nitrogen and oxygen atoms in total. The molecule has 154 valence electrons. The maximum atomic E-state index is 12.5. The Bertz CT molecular complexity index is 978. The van der Waals surface area contributed by atoms with Crippen molar-refractivity contribution >= 4 is 23.2 Å². The number of nitrogens with zero attached hydrogens (tertiary/aromatic N) is 4. The maximum Gasteiger partial charge on any atom is 0.229 e. The fourth-order valence-electron chi connectivity index (χ4n) is 2.92. The number of aromatic nitrogens is 4. The molecule has 1 atom stereocenters. The van der Waals surface area contributed by atoms with E-state index in [1.165, 1.54) is 5.56 Å². The maximum absolute atomic E-state index is 12.5. The number of benzene rings is 1. The van der Waals surface area contributed by atoms with Crippen LogP contribution < -0.4 is 10.1 Å². The van der Waals surface area contributed by atoms with E-state index < -0.39 is 0 Å². The van der Waals surface area contributed by atoms with Crippen LogP contribution in [0, 0.1) is 19.8 Å². The number of rotatable bonds is 8. The van der Waals surface area contributed by atoms with Crippen molar-refractivity contribution in [1.82, 2.24) is 19.6 Å². The van der Waals surface area contributed by atoms with Crippen molar-refractivity contribution in [1.29, 1.82) is 0 Å². The fourth-order valence-corrected chi connectivity index (χ4v) is 3.06. The number of aryl methyl sites for hydroxylation is 2. The van der Waals surface area contributed by atoms with E-state index in [0.29, 0.717) is 17.3 Å². The lowest BCUT2D eigenvalue weighted by atomic mass is 10.1. The van der Waals surface area contributed by atoms with Crippen molar-refractivity contribution < 1.29 is 9.53 Å². The standard InChI is InChI=1S/C21H26ClN5O2/c1-5-17-6-8-19(9-7-17)29-13-26-12-18(10-23-26)24-21(28)14(2)11-27-16(4)20(22)15(3)25-27/h6-10,12,14H,5,11,13H2,1-4H3,(H,24,28). The van der Waals surface area contributed by atoms with Gasteiger partial charge in [0.25, 0.3) is 0 Å². The van der Waals surface area contributed by atoms with Crippen LogP contribution >= 0.6 is 11.6 Å². The molecule has 0 aliphatic heterocycles. The molecular weight excluding hydrogens is 390 g/mol. The van der Waals surface area contributed by atoms with Gasteiger partial charge in [0.05, 0.1) is 47.0 Å². The molecule has 0 saturated carbocycles. The van der Waals surface area contributed by atoms with Gasteiger partial charge in [0.2, 0.25) is 5.91 Å². The number of anilines is 1. The Morgan fingerprint density at radius 1 is 1.28 bits per heavy atom. The first kappa shape index (κ1) is 20.9. The van der Waals surface area contributed by atoms with Gasteiger partial charge in [-0.25, -0.2) is 4.68 Å². The third-order valence-corrected chi connectivity index (χ3v) is 5.33. The minimum atomic E-state index is -0.277. The van der Waals surface area contributed by atoms with Crippen molar-refractivity contribution in [3.63, 3.8) is 0 Å². The summed E-state index contributed by atoms with van der Waals surface area (Å²) < 4.78 is 9.13. The summed E-state index contributed by atoms with van der Waals surface area (Å²) in [5.41, 5.74) is 3.51. The van der Waals surface area contributed by atoms with Gasteiger partial charge in [-0.15, -0.1) is 0 Å². The molecule has 2 heterocycles. The lowest BCUT2D eigenvalue weighted by Crippen LogP contribution is -2.25. The van der Waals surface area contributed by atoms with Gasteiger partial charge >= 0.3 is 0 Å². The van der Waals surface area contributed by atoms with Crippen molar-refractivity contribution in [3.8, 4) is 5.75 Å². The lowest BCUT2D eigenvalue weighted by Gasteiger charge is -2.12. The Hall–Kier alpha value is -2.80. The summed E-state index contributed by atoms with van der Waals surface area (Å²) in [6, 6.07) is 7.97. The molecule has 1 aromatic carbocycles. The first-order valence-corrected chi connectivity index (χ1v) is 9.99. The number of hydrogen-bond acceptors (Lipinski definition) is 4. The number of carbonyl (C=O) groups is 1. The lowest BCUT2D eigenvalue weighted by molar-refractivity contribution is -0.119. The smallest absolute Gasteiger partial charge is 0.229 e. The van der Waals surface area contributed by atoms with E-state index in [4.69, 9.17) is 16.3 Å². The van der Waals surface area contributed by atoms with Crippen LogP contribution in [0.3, 0.4) is 0 Å². The van der Waals surface area contributed by atoms with E-state index in [9.17, 15) is 4.79 Å². The molecule has 0 fully saturated rings. The van der Waals surface area contributed by atoms with Gasteiger partial charge in [0.15, 0.2) is 6.73 Å². The average Bonchev–Trinajstić information content (AvgIpc) is 3.26. The van der Waals surface area contributed by atoms with Crippen LogP contribution in [-0.4, -0.2) is 25.5 Å². The minimum Gasteiger partial charge on any atom is -0.471 e. The molecule has 0 aliphatic rings. The van der Waals surface area contributed by atoms with Gasteiger partial charge in [-0.2, -0.15) is 10.2 Å². The number of halogens is 1. The zero-order valence-corrected chi connectivity index (χ0v) is 17.9. The monoisotopic (exact) mass is 415 g/mol. The van der Waals surface area contributed by atoms with Crippen molar-refractivity contribution in [2.45, 2.75) is 47.4 Å². The van der Waals surface area contributed by atoms with E-state index >= 15 is 0 Å². The molecule has 0 spiro atoms. The molecule has 1 amide bonds. The predicted molar refractivity (Wildman–Crippen MR) is 113 cm³/mol. The van der Waals surface area contributed by atoms with Crippen LogP contribution in [0.15, 0.2) is 36.7 Å². The van der Waals surface area contributed by atoms with Crippen LogP contribution in [0.5, 0.6) is 5.75 Å². The SMILES string of the molecule is CCc1ccc(OCn2cc(NC(=O)C(C)Cn3nc(C)c(Cl)c3C)cn2)cc1. The van der Waals surface area contributed by atoms with Crippen LogP contribution in [0.1, 0.15) is 30.8 Å². The topological polar surface area (TPSA) is 74.0 Å². The van der Waals surface area contributed by atoms with Crippen molar-refractivity contribution in [2.75, 3.05) is 5.32 Å². The molecule has 0 radical (unpaired) electrons. The third kappa shape index (κ3) is 5.17. The van der Waals surface area contributed by atoms with Gasteiger partial charge in [-0.3, -0.25) is 9.48 Å². The second kappa shape index (κ2) is 9.13. The first-order valence-electron chi connectivity index (χ1n) is 9.62. The third-order valence-electron chi connectivity index (χ3n) is 4.78. The van der Waals surface area contributed by atoms with E-state index in [1.807, 2.05) is 45.0 Å². The molecule has 0 bridgehead atoms. The molecular formula is C21H26ClN5O2. The summed E-state index contributed by atoms with van der Waals surface area (Å²) in [6.07, 6.45) is 4.34. The highest BCUT2D eigenvalue weighted by Crippen LogP contribution is 2.20. The number of nitrogens with one attached hydrogen (secondary N) is 1. The Morgan fingerprint density at radius 3 is 2.62 bits per heavy atom. The predicted octanol–water partition coefficient (Wildman–Crippen LogP) is 4.22. The molecule has 3 rings (SSSR count). The number of carbonyl (C=O) groups excluding carboxylic acids is 1.